The van der Waals surface area contributed by atoms with E-state index in [1.54, 1.807) is 10.9 Å². The zero-order valence-electron chi connectivity index (χ0n) is 12.0. The molecular formula is C15H20N4O. The molecule has 1 aromatic carbocycles. The lowest BCUT2D eigenvalue weighted by molar-refractivity contribution is -0.124. The fraction of sp³-hybridized carbons (Fsp3) is 0.333. The topological polar surface area (TPSA) is 72.9 Å². The second kappa shape index (κ2) is 5.77. The summed E-state index contributed by atoms with van der Waals surface area (Å²) in [5.74, 6) is -0.0352. The quantitative estimate of drug-likeness (QED) is 0.838. The number of nitrogen functional groups attached to an aromatic ring is 1. The molecule has 0 bridgehead atoms. The molecule has 0 saturated heterocycles. The molecule has 0 saturated carbocycles. The van der Waals surface area contributed by atoms with Crippen LogP contribution in [-0.4, -0.2) is 21.7 Å². The molecule has 1 unspecified atom stereocenters. The molecule has 3 N–H and O–H groups in total. The Kier molecular flexibility index (Phi) is 4.08. The number of benzene rings is 1. The molecule has 0 aliphatic carbocycles. The van der Waals surface area contributed by atoms with Crippen LogP contribution in [0.25, 0.3) is 11.1 Å². The number of nitrogens with zero attached hydrogens (tertiary/aromatic N) is 2. The third-order valence-electron chi connectivity index (χ3n) is 3.05. The van der Waals surface area contributed by atoms with Crippen LogP contribution in [-0.2, 0) is 4.79 Å². The molecule has 0 spiro atoms. The molecule has 106 valence electrons. The molecule has 0 aliphatic rings. The van der Waals surface area contributed by atoms with Crippen molar-refractivity contribution in [3.05, 3.63) is 36.7 Å². The molecule has 0 fully saturated rings. The number of amides is 1. The molecule has 5 heteroatoms. The van der Waals surface area contributed by atoms with Gasteiger partial charge in [0.2, 0.25) is 5.91 Å². The van der Waals surface area contributed by atoms with Gasteiger partial charge in [0.1, 0.15) is 6.04 Å². The predicted molar refractivity (Wildman–Crippen MR) is 80.1 cm³/mol. The van der Waals surface area contributed by atoms with Gasteiger partial charge >= 0.3 is 0 Å². The van der Waals surface area contributed by atoms with E-state index in [-0.39, 0.29) is 18.0 Å². The van der Waals surface area contributed by atoms with E-state index in [2.05, 4.69) is 10.4 Å². The van der Waals surface area contributed by atoms with Crippen molar-refractivity contribution in [2.45, 2.75) is 32.9 Å². The van der Waals surface area contributed by atoms with E-state index >= 15 is 0 Å². The number of hydrogen-bond donors (Lipinski definition) is 2. The van der Waals surface area contributed by atoms with Gasteiger partial charge in [-0.05, 0) is 38.5 Å². The van der Waals surface area contributed by atoms with Gasteiger partial charge in [-0.2, -0.15) is 5.10 Å². The number of hydrogen-bond acceptors (Lipinski definition) is 3. The predicted octanol–water partition coefficient (Wildman–Crippen LogP) is 2.22. The van der Waals surface area contributed by atoms with Gasteiger partial charge in [-0.1, -0.05) is 12.1 Å². The van der Waals surface area contributed by atoms with Gasteiger partial charge in [0.15, 0.2) is 0 Å². The van der Waals surface area contributed by atoms with Crippen LogP contribution >= 0.6 is 0 Å². The van der Waals surface area contributed by atoms with Crippen molar-refractivity contribution in [3.8, 4) is 11.1 Å². The summed E-state index contributed by atoms with van der Waals surface area (Å²) in [6, 6.07) is 7.37. The first-order valence-electron chi connectivity index (χ1n) is 6.68. The van der Waals surface area contributed by atoms with Crippen LogP contribution in [0, 0.1) is 0 Å². The highest BCUT2D eigenvalue weighted by molar-refractivity contribution is 5.80. The minimum atomic E-state index is -0.333. The van der Waals surface area contributed by atoms with Gasteiger partial charge in [0, 0.05) is 23.5 Å². The van der Waals surface area contributed by atoms with Crippen LogP contribution < -0.4 is 11.1 Å². The summed E-state index contributed by atoms with van der Waals surface area (Å²) >= 11 is 0. The fourth-order valence-electron chi connectivity index (χ4n) is 1.90. The van der Waals surface area contributed by atoms with Crippen molar-refractivity contribution in [3.63, 3.8) is 0 Å². The van der Waals surface area contributed by atoms with Crippen LogP contribution in [0.1, 0.15) is 26.8 Å². The van der Waals surface area contributed by atoms with E-state index in [4.69, 9.17) is 5.73 Å². The van der Waals surface area contributed by atoms with E-state index in [1.165, 1.54) is 0 Å². The van der Waals surface area contributed by atoms with E-state index in [1.807, 2.05) is 51.2 Å². The smallest absolute Gasteiger partial charge is 0.244 e. The average molecular weight is 272 g/mol. The summed E-state index contributed by atoms with van der Waals surface area (Å²) in [6.07, 6.45) is 3.63. The van der Waals surface area contributed by atoms with E-state index < -0.39 is 0 Å². The number of nitrogens with two attached hydrogens (primary N) is 1. The third kappa shape index (κ3) is 3.17. The molecule has 0 radical (unpaired) electrons. The Balaban J connectivity index is 2.16. The molecule has 0 aliphatic heterocycles. The Labute approximate surface area is 118 Å². The minimum absolute atomic E-state index is 0.0352. The number of anilines is 1. The summed E-state index contributed by atoms with van der Waals surface area (Å²) < 4.78 is 1.67. The second-order valence-corrected chi connectivity index (χ2v) is 5.17. The second-order valence-electron chi connectivity index (χ2n) is 5.17. The Morgan fingerprint density at radius 1 is 1.20 bits per heavy atom. The van der Waals surface area contributed by atoms with Crippen molar-refractivity contribution >= 4 is 11.6 Å². The average Bonchev–Trinajstić information content (AvgIpc) is 2.87. The largest absolute Gasteiger partial charge is 0.399 e. The Hall–Kier alpha value is -2.30. The maximum Gasteiger partial charge on any atom is 0.244 e. The molecular weight excluding hydrogens is 252 g/mol. The SMILES string of the molecule is CC(C)NC(=O)C(C)n1cc(-c2ccc(N)cc2)cn1. The first kappa shape index (κ1) is 14.1. The highest BCUT2D eigenvalue weighted by atomic mass is 16.2. The van der Waals surface area contributed by atoms with Gasteiger partial charge in [0.25, 0.3) is 0 Å². The number of carbonyl (C=O) groups is 1. The van der Waals surface area contributed by atoms with Crippen molar-refractivity contribution in [1.29, 1.82) is 0 Å². The van der Waals surface area contributed by atoms with Crippen molar-refractivity contribution < 1.29 is 4.79 Å². The van der Waals surface area contributed by atoms with Gasteiger partial charge < -0.3 is 11.1 Å². The highest BCUT2D eigenvalue weighted by Gasteiger charge is 2.16. The maximum absolute atomic E-state index is 12.0. The van der Waals surface area contributed by atoms with E-state index in [9.17, 15) is 4.79 Å². The normalized spacial score (nSPS) is 12.4. The molecule has 2 rings (SSSR count). The lowest BCUT2D eigenvalue weighted by Gasteiger charge is -2.14. The monoisotopic (exact) mass is 272 g/mol. The van der Waals surface area contributed by atoms with Crippen molar-refractivity contribution in [1.82, 2.24) is 15.1 Å². The van der Waals surface area contributed by atoms with Gasteiger partial charge in [-0.25, -0.2) is 0 Å². The molecule has 5 nitrogen and oxygen atoms in total. The zero-order chi connectivity index (χ0) is 14.7. The standard InChI is InChI=1S/C15H20N4O/c1-10(2)18-15(20)11(3)19-9-13(8-17-19)12-4-6-14(16)7-5-12/h4-11H,16H2,1-3H3,(H,18,20). The molecule has 20 heavy (non-hydrogen) atoms. The molecule has 2 aromatic rings. The van der Waals surface area contributed by atoms with Crippen LogP contribution in [0.2, 0.25) is 0 Å². The van der Waals surface area contributed by atoms with E-state index in [0.29, 0.717) is 0 Å². The van der Waals surface area contributed by atoms with Crippen LogP contribution in [0.3, 0.4) is 0 Å². The lowest BCUT2D eigenvalue weighted by atomic mass is 10.1. The zero-order valence-corrected chi connectivity index (χ0v) is 12.0. The Morgan fingerprint density at radius 3 is 2.45 bits per heavy atom. The lowest BCUT2D eigenvalue weighted by Crippen LogP contribution is -2.35. The van der Waals surface area contributed by atoms with Gasteiger partial charge in [0.05, 0.1) is 6.20 Å². The first-order valence-corrected chi connectivity index (χ1v) is 6.68. The first-order chi connectivity index (χ1) is 9.47. The maximum atomic E-state index is 12.0. The van der Waals surface area contributed by atoms with Gasteiger partial charge in [-0.15, -0.1) is 0 Å². The number of aromatic nitrogens is 2. The molecule has 1 aromatic heterocycles. The van der Waals surface area contributed by atoms with E-state index in [0.717, 1.165) is 16.8 Å². The van der Waals surface area contributed by atoms with Crippen molar-refractivity contribution in [2.24, 2.45) is 0 Å². The summed E-state index contributed by atoms with van der Waals surface area (Å²) in [4.78, 5) is 12.0. The number of rotatable bonds is 4. The van der Waals surface area contributed by atoms with Crippen molar-refractivity contribution in [2.75, 3.05) is 5.73 Å². The molecule has 1 atom stereocenters. The minimum Gasteiger partial charge on any atom is -0.399 e. The Bertz CT molecular complexity index is 586. The van der Waals surface area contributed by atoms with Gasteiger partial charge in [-0.3, -0.25) is 9.48 Å². The molecule has 1 amide bonds. The Morgan fingerprint density at radius 2 is 1.85 bits per heavy atom. The fourth-order valence-corrected chi connectivity index (χ4v) is 1.90. The summed E-state index contributed by atoms with van der Waals surface area (Å²) in [5.41, 5.74) is 8.39. The third-order valence-corrected chi connectivity index (χ3v) is 3.05. The highest BCUT2D eigenvalue weighted by Crippen LogP contribution is 2.21. The summed E-state index contributed by atoms with van der Waals surface area (Å²) in [7, 11) is 0. The summed E-state index contributed by atoms with van der Waals surface area (Å²) in [6.45, 7) is 5.71. The van der Waals surface area contributed by atoms with Crippen LogP contribution in [0.15, 0.2) is 36.7 Å². The number of carbonyl (C=O) groups excluding carboxylic acids is 1. The number of nitrogens with one attached hydrogen (secondary N) is 1. The molecule has 1 heterocycles. The van der Waals surface area contributed by atoms with Crippen LogP contribution in [0.4, 0.5) is 5.69 Å². The summed E-state index contributed by atoms with van der Waals surface area (Å²) in [5, 5.41) is 7.15. The van der Waals surface area contributed by atoms with Crippen LogP contribution in [0.5, 0.6) is 0 Å².